The van der Waals surface area contributed by atoms with Crippen LogP contribution in [0.15, 0.2) is 18.6 Å². The van der Waals surface area contributed by atoms with E-state index in [2.05, 4.69) is 32.1 Å². The molecule has 1 N–H and O–H groups in total. The van der Waals surface area contributed by atoms with Crippen LogP contribution in [0.5, 0.6) is 0 Å². The van der Waals surface area contributed by atoms with E-state index in [0.29, 0.717) is 11.0 Å². The molecular formula is C17H22FN5OS. The minimum absolute atomic E-state index is 0.0707. The van der Waals surface area contributed by atoms with Crippen molar-refractivity contribution in [3.63, 3.8) is 0 Å². The molecule has 1 aliphatic heterocycles. The molecule has 2 aromatic heterocycles. The van der Waals surface area contributed by atoms with Crippen LogP contribution in [0.1, 0.15) is 37.4 Å². The molecule has 2 aromatic rings. The fraction of sp³-hybridized carbons (Fsp3) is 0.529. The van der Waals surface area contributed by atoms with Crippen LogP contribution in [0.4, 0.5) is 9.52 Å². The Bertz CT molecular complexity index is 735. The average Bonchev–Trinajstić information content (AvgIpc) is 2.95. The quantitative estimate of drug-likeness (QED) is 0.884. The third-order valence-electron chi connectivity index (χ3n) is 4.33. The fourth-order valence-corrected chi connectivity index (χ4v) is 4.23. The Balaban J connectivity index is 1.61. The van der Waals surface area contributed by atoms with E-state index in [1.165, 1.54) is 30.7 Å². The predicted octanol–water partition coefficient (Wildman–Crippen LogP) is 2.88. The van der Waals surface area contributed by atoms with E-state index in [9.17, 15) is 9.18 Å². The number of carbonyl (C=O) groups is 1. The first-order chi connectivity index (χ1) is 11.9. The number of halogens is 1. The van der Waals surface area contributed by atoms with E-state index < -0.39 is 5.82 Å². The maximum Gasteiger partial charge on any atom is 0.223 e. The summed E-state index contributed by atoms with van der Waals surface area (Å²) in [7, 11) is 0. The van der Waals surface area contributed by atoms with Crippen molar-refractivity contribution in [3.8, 4) is 0 Å². The van der Waals surface area contributed by atoms with Gasteiger partial charge in [-0.25, -0.2) is 19.3 Å². The first-order valence-electron chi connectivity index (χ1n) is 8.33. The molecule has 25 heavy (non-hydrogen) atoms. The normalized spacial score (nSPS) is 21.2. The Morgan fingerprint density at radius 1 is 1.36 bits per heavy atom. The highest BCUT2D eigenvalue weighted by atomic mass is 32.1. The molecule has 0 saturated carbocycles. The number of nitrogens with one attached hydrogen (secondary N) is 1. The van der Waals surface area contributed by atoms with Gasteiger partial charge >= 0.3 is 0 Å². The fourth-order valence-electron chi connectivity index (χ4n) is 3.33. The lowest BCUT2D eigenvalue weighted by Crippen LogP contribution is -2.42. The Kier molecular flexibility index (Phi) is 5.39. The number of hydrogen-bond acceptors (Lipinski definition) is 6. The monoisotopic (exact) mass is 363 g/mol. The van der Waals surface area contributed by atoms with Gasteiger partial charge in [-0.15, -0.1) is 11.3 Å². The molecule has 1 fully saturated rings. The SMILES string of the molecule is CC(=O)Nc1ncc(CN2CCCC(C)(Cc3ncc(F)cn3)C2)s1. The van der Waals surface area contributed by atoms with Gasteiger partial charge in [0, 0.05) is 37.5 Å². The molecule has 0 spiro atoms. The number of anilines is 1. The van der Waals surface area contributed by atoms with Gasteiger partial charge in [-0.1, -0.05) is 6.92 Å². The topological polar surface area (TPSA) is 71.0 Å². The van der Waals surface area contributed by atoms with Gasteiger partial charge in [0.25, 0.3) is 0 Å². The molecule has 3 heterocycles. The van der Waals surface area contributed by atoms with Crippen LogP contribution in [0.2, 0.25) is 0 Å². The van der Waals surface area contributed by atoms with Crippen LogP contribution in [0, 0.1) is 11.2 Å². The highest BCUT2D eigenvalue weighted by Gasteiger charge is 2.32. The van der Waals surface area contributed by atoms with Gasteiger partial charge < -0.3 is 5.32 Å². The van der Waals surface area contributed by atoms with E-state index in [0.717, 1.165) is 43.8 Å². The smallest absolute Gasteiger partial charge is 0.223 e. The number of rotatable bonds is 5. The number of nitrogens with zero attached hydrogens (tertiary/aromatic N) is 4. The number of thiazole rings is 1. The van der Waals surface area contributed by atoms with Gasteiger partial charge in [0.2, 0.25) is 5.91 Å². The number of piperidine rings is 1. The van der Waals surface area contributed by atoms with E-state index in [-0.39, 0.29) is 11.3 Å². The third-order valence-corrected chi connectivity index (χ3v) is 5.23. The maximum absolute atomic E-state index is 13.0. The molecule has 1 amide bonds. The first kappa shape index (κ1) is 17.9. The Morgan fingerprint density at radius 3 is 2.84 bits per heavy atom. The molecule has 0 radical (unpaired) electrons. The molecule has 1 saturated heterocycles. The summed E-state index contributed by atoms with van der Waals surface area (Å²) in [4.78, 5) is 27.1. The van der Waals surface area contributed by atoms with Crippen molar-refractivity contribution in [1.29, 1.82) is 0 Å². The van der Waals surface area contributed by atoms with Crippen molar-refractivity contribution in [2.75, 3.05) is 18.4 Å². The summed E-state index contributed by atoms with van der Waals surface area (Å²) in [5.41, 5.74) is 0.0707. The molecule has 0 aliphatic carbocycles. The minimum Gasteiger partial charge on any atom is -0.302 e. The van der Waals surface area contributed by atoms with Crippen LogP contribution in [-0.2, 0) is 17.8 Å². The van der Waals surface area contributed by atoms with Crippen molar-refractivity contribution in [3.05, 3.63) is 35.1 Å². The van der Waals surface area contributed by atoms with Gasteiger partial charge in [0.05, 0.1) is 12.4 Å². The number of aromatic nitrogens is 3. The van der Waals surface area contributed by atoms with Crippen LogP contribution in [-0.4, -0.2) is 38.8 Å². The lowest BCUT2D eigenvalue weighted by molar-refractivity contribution is -0.114. The molecule has 8 heteroatoms. The summed E-state index contributed by atoms with van der Waals surface area (Å²) in [5.74, 6) is 0.182. The number of likely N-dealkylation sites (tertiary alicyclic amines) is 1. The number of hydrogen-bond donors (Lipinski definition) is 1. The maximum atomic E-state index is 13.0. The van der Waals surface area contributed by atoms with Crippen molar-refractivity contribution in [2.24, 2.45) is 5.41 Å². The van der Waals surface area contributed by atoms with Crippen molar-refractivity contribution < 1.29 is 9.18 Å². The first-order valence-corrected chi connectivity index (χ1v) is 9.15. The molecule has 0 aromatic carbocycles. The summed E-state index contributed by atoms with van der Waals surface area (Å²) < 4.78 is 13.0. The standard InChI is InChI=1S/C17H22FN5OS/c1-12(24)22-16-21-9-14(25-16)10-23-5-3-4-17(2,11-23)6-15-19-7-13(18)8-20-15/h7-9H,3-6,10-11H2,1-2H3,(H,21,22,24). The van der Waals surface area contributed by atoms with Crippen molar-refractivity contribution in [2.45, 2.75) is 39.7 Å². The largest absolute Gasteiger partial charge is 0.302 e. The predicted molar refractivity (Wildman–Crippen MR) is 94.7 cm³/mol. The molecule has 1 unspecified atom stereocenters. The third kappa shape index (κ3) is 5.02. The molecule has 6 nitrogen and oxygen atoms in total. The van der Waals surface area contributed by atoms with E-state index in [1.807, 2.05) is 6.20 Å². The van der Waals surface area contributed by atoms with Crippen molar-refractivity contribution in [1.82, 2.24) is 19.9 Å². The van der Waals surface area contributed by atoms with Gasteiger partial charge in [0.1, 0.15) is 5.82 Å². The number of carbonyl (C=O) groups excluding carboxylic acids is 1. The summed E-state index contributed by atoms with van der Waals surface area (Å²) >= 11 is 1.51. The summed E-state index contributed by atoms with van der Waals surface area (Å²) in [6.07, 6.45) is 7.23. The second-order valence-electron chi connectivity index (χ2n) is 6.93. The zero-order valence-electron chi connectivity index (χ0n) is 14.5. The zero-order valence-corrected chi connectivity index (χ0v) is 15.3. The Hall–Kier alpha value is -1.93. The summed E-state index contributed by atoms with van der Waals surface area (Å²) in [6.45, 7) is 6.50. The summed E-state index contributed by atoms with van der Waals surface area (Å²) in [6, 6.07) is 0. The van der Waals surface area contributed by atoms with E-state index in [4.69, 9.17) is 0 Å². The lowest BCUT2D eigenvalue weighted by Gasteiger charge is -2.40. The van der Waals surface area contributed by atoms with Crippen LogP contribution in [0.3, 0.4) is 0 Å². The van der Waals surface area contributed by atoms with E-state index in [1.54, 1.807) is 0 Å². The lowest BCUT2D eigenvalue weighted by atomic mass is 9.78. The molecule has 1 atom stereocenters. The second-order valence-corrected chi connectivity index (χ2v) is 8.05. The van der Waals surface area contributed by atoms with Gasteiger partial charge in [-0.2, -0.15) is 0 Å². The Morgan fingerprint density at radius 2 is 2.12 bits per heavy atom. The molecule has 1 aliphatic rings. The highest BCUT2D eigenvalue weighted by Crippen LogP contribution is 2.33. The summed E-state index contributed by atoms with van der Waals surface area (Å²) in [5, 5.41) is 3.36. The van der Waals surface area contributed by atoms with Gasteiger partial charge in [-0.3, -0.25) is 9.69 Å². The number of amides is 1. The Labute approximate surface area is 150 Å². The molecule has 3 rings (SSSR count). The molecular weight excluding hydrogens is 341 g/mol. The molecule has 0 bridgehead atoms. The van der Waals surface area contributed by atoms with Gasteiger partial charge in [-0.05, 0) is 24.8 Å². The zero-order chi connectivity index (χ0) is 17.9. The van der Waals surface area contributed by atoms with Crippen LogP contribution >= 0.6 is 11.3 Å². The van der Waals surface area contributed by atoms with Crippen LogP contribution in [0.25, 0.3) is 0 Å². The van der Waals surface area contributed by atoms with Crippen molar-refractivity contribution >= 4 is 22.4 Å². The average molecular weight is 363 g/mol. The van der Waals surface area contributed by atoms with Gasteiger partial charge in [0.15, 0.2) is 10.9 Å². The second kappa shape index (κ2) is 7.53. The highest BCUT2D eigenvalue weighted by molar-refractivity contribution is 7.15. The van der Waals surface area contributed by atoms with Crippen LogP contribution < -0.4 is 5.32 Å². The van der Waals surface area contributed by atoms with E-state index >= 15 is 0 Å². The minimum atomic E-state index is -0.403. The molecule has 134 valence electrons.